The Morgan fingerprint density at radius 1 is 1.60 bits per heavy atom. The molecule has 0 unspecified atom stereocenters. The van der Waals surface area contributed by atoms with Crippen molar-refractivity contribution in [2.45, 2.75) is 6.92 Å². The van der Waals surface area contributed by atoms with Crippen molar-refractivity contribution in [2.75, 3.05) is 7.11 Å². The fourth-order valence-electron chi connectivity index (χ4n) is 0.705. The van der Waals surface area contributed by atoms with Gasteiger partial charge in [-0.15, -0.1) is 5.43 Å². The number of rotatable bonds is 1. The summed E-state index contributed by atoms with van der Waals surface area (Å²) in [6.07, 6.45) is 0. The van der Waals surface area contributed by atoms with Gasteiger partial charge in [-0.1, -0.05) is 0 Å². The fourth-order valence-corrected chi connectivity index (χ4v) is 0.705. The van der Waals surface area contributed by atoms with E-state index < -0.39 is 0 Å². The molecule has 0 aromatic rings. The largest absolute Gasteiger partial charge is 0.492 e. The van der Waals surface area contributed by atoms with Crippen LogP contribution in [0.5, 0.6) is 0 Å². The lowest BCUT2D eigenvalue weighted by atomic mass is 10.3. The molecule has 0 aliphatic carbocycles. The van der Waals surface area contributed by atoms with E-state index in [1.807, 2.05) is 6.07 Å². The summed E-state index contributed by atoms with van der Waals surface area (Å²) in [4.78, 5) is 0. The van der Waals surface area contributed by atoms with E-state index >= 15 is 0 Å². The van der Waals surface area contributed by atoms with Crippen LogP contribution >= 0.6 is 0 Å². The summed E-state index contributed by atoms with van der Waals surface area (Å²) in [5.41, 5.74) is 4.47. The van der Waals surface area contributed by atoms with Crippen LogP contribution in [0.1, 0.15) is 6.92 Å². The minimum Gasteiger partial charge on any atom is -0.492 e. The Kier molecular flexibility index (Phi) is 1.59. The average Bonchev–Trinajstić information content (AvgIpc) is 2.30. The average molecular weight is 136 g/mol. The van der Waals surface area contributed by atoms with Crippen LogP contribution in [0.2, 0.25) is 0 Å². The van der Waals surface area contributed by atoms with Gasteiger partial charge in [-0.3, -0.25) is 0 Å². The first kappa shape index (κ1) is 6.62. The Morgan fingerprint density at radius 3 is 2.70 bits per heavy atom. The van der Waals surface area contributed by atoms with Crippen LogP contribution in [-0.4, -0.2) is 12.8 Å². The summed E-state index contributed by atoms with van der Waals surface area (Å²) in [6.45, 7) is 1.74. The zero-order valence-electron chi connectivity index (χ0n) is 5.75. The Hall–Kier alpha value is -1.50. The molecule has 0 spiro atoms. The molecule has 4 heteroatoms. The van der Waals surface area contributed by atoms with Gasteiger partial charge < -0.3 is 4.74 Å². The Bertz CT molecular complexity index is 246. The van der Waals surface area contributed by atoms with Gasteiger partial charge in [0.15, 0.2) is 5.76 Å². The van der Waals surface area contributed by atoms with E-state index in [-0.39, 0.29) is 5.70 Å². The molecule has 0 fully saturated rings. The zero-order valence-corrected chi connectivity index (χ0v) is 5.75. The van der Waals surface area contributed by atoms with Crippen molar-refractivity contribution < 1.29 is 4.74 Å². The molecule has 4 nitrogen and oxygen atoms in total. The molecule has 10 heavy (non-hydrogen) atoms. The molecule has 1 aliphatic rings. The van der Waals surface area contributed by atoms with Crippen molar-refractivity contribution in [3.05, 3.63) is 11.5 Å². The molecule has 0 saturated carbocycles. The second kappa shape index (κ2) is 2.40. The van der Waals surface area contributed by atoms with Crippen LogP contribution < -0.4 is 5.43 Å². The SMILES string of the molecule is COC1=C(C#N)[N]N=C1C. The molecular weight excluding hydrogens is 130 g/mol. The highest BCUT2D eigenvalue weighted by Gasteiger charge is 2.17. The Labute approximate surface area is 58.8 Å². The lowest BCUT2D eigenvalue weighted by Gasteiger charge is -1.96. The lowest BCUT2D eigenvalue weighted by Crippen LogP contribution is -1.97. The molecule has 1 aliphatic heterocycles. The summed E-state index contributed by atoms with van der Waals surface area (Å²) in [7, 11) is 1.49. The first-order chi connectivity index (χ1) is 4.79. The molecular formula is C6H6N3O. The number of allylic oxidation sites excluding steroid dienone is 2. The third-order valence-electron chi connectivity index (χ3n) is 1.15. The standard InChI is InChI=1S/C6H6N3O/c1-4-6(10-2)5(3-7)9-8-4/h1-2H3. The first-order valence-corrected chi connectivity index (χ1v) is 2.73. The van der Waals surface area contributed by atoms with Crippen LogP contribution in [0.3, 0.4) is 0 Å². The molecule has 51 valence electrons. The minimum absolute atomic E-state index is 0.250. The van der Waals surface area contributed by atoms with Crippen LogP contribution in [0.4, 0.5) is 0 Å². The number of hydrogen-bond acceptors (Lipinski definition) is 3. The molecule has 1 radical (unpaired) electrons. The van der Waals surface area contributed by atoms with Crippen molar-refractivity contribution in [1.82, 2.24) is 5.43 Å². The van der Waals surface area contributed by atoms with Crippen molar-refractivity contribution >= 4 is 5.71 Å². The van der Waals surface area contributed by atoms with E-state index in [0.717, 1.165) is 0 Å². The summed E-state index contributed by atoms with van der Waals surface area (Å²) >= 11 is 0. The maximum atomic E-state index is 8.43. The molecule has 0 atom stereocenters. The zero-order chi connectivity index (χ0) is 7.56. The van der Waals surface area contributed by atoms with Gasteiger partial charge >= 0.3 is 0 Å². The van der Waals surface area contributed by atoms with Gasteiger partial charge in [-0.2, -0.15) is 10.4 Å². The third kappa shape index (κ3) is 0.818. The normalized spacial score (nSPS) is 15.9. The smallest absolute Gasteiger partial charge is 0.206 e. The van der Waals surface area contributed by atoms with Gasteiger partial charge in [0.05, 0.1) is 7.11 Å². The predicted molar refractivity (Wildman–Crippen MR) is 34.9 cm³/mol. The summed E-state index contributed by atoms with van der Waals surface area (Å²) in [5.74, 6) is 0.475. The molecule has 0 aromatic heterocycles. The Morgan fingerprint density at radius 2 is 2.30 bits per heavy atom. The van der Waals surface area contributed by atoms with Gasteiger partial charge in [-0.05, 0) is 6.92 Å². The number of hydrogen-bond donors (Lipinski definition) is 0. The number of ether oxygens (including phenoxy) is 1. The number of methoxy groups -OCH3 is 1. The quantitative estimate of drug-likeness (QED) is 0.522. The maximum Gasteiger partial charge on any atom is 0.206 e. The predicted octanol–water partition coefficient (Wildman–Crippen LogP) is 0.362. The summed E-state index contributed by atoms with van der Waals surface area (Å²) in [6, 6.07) is 1.87. The molecule has 0 N–H and O–H groups in total. The molecule has 1 heterocycles. The highest BCUT2D eigenvalue weighted by molar-refractivity contribution is 5.99. The van der Waals surface area contributed by atoms with Gasteiger partial charge in [0.2, 0.25) is 5.70 Å². The van der Waals surface area contributed by atoms with Crippen molar-refractivity contribution in [3.8, 4) is 6.07 Å². The number of nitrogens with zero attached hydrogens (tertiary/aromatic N) is 3. The van der Waals surface area contributed by atoms with Gasteiger partial charge in [0.25, 0.3) is 0 Å². The molecule has 0 amide bonds. The van der Waals surface area contributed by atoms with E-state index in [2.05, 4.69) is 10.5 Å². The topological polar surface area (TPSA) is 59.5 Å². The molecule has 0 saturated heterocycles. The molecule has 0 bridgehead atoms. The Balaban J connectivity index is 2.95. The second-order valence-electron chi connectivity index (χ2n) is 1.78. The van der Waals surface area contributed by atoms with Crippen LogP contribution in [-0.2, 0) is 4.74 Å². The van der Waals surface area contributed by atoms with Gasteiger partial charge in [-0.25, -0.2) is 0 Å². The molecule has 1 rings (SSSR count). The van der Waals surface area contributed by atoms with Crippen LogP contribution in [0.15, 0.2) is 16.6 Å². The van der Waals surface area contributed by atoms with E-state index in [1.54, 1.807) is 6.92 Å². The minimum atomic E-state index is 0.250. The van der Waals surface area contributed by atoms with Gasteiger partial charge in [0.1, 0.15) is 11.8 Å². The van der Waals surface area contributed by atoms with Crippen molar-refractivity contribution in [3.63, 3.8) is 0 Å². The van der Waals surface area contributed by atoms with Crippen LogP contribution in [0, 0.1) is 11.3 Å². The van der Waals surface area contributed by atoms with E-state index in [9.17, 15) is 0 Å². The highest BCUT2D eigenvalue weighted by atomic mass is 16.5. The van der Waals surface area contributed by atoms with Gasteiger partial charge in [0, 0.05) is 0 Å². The van der Waals surface area contributed by atoms with Crippen molar-refractivity contribution in [2.24, 2.45) is 5.10 Å². The summed E-state index contributed by atoms with van der Waals surface area (Å²) < 4.78 is 4.86. The monoisotopic (exact) mass is 136 g/mol. The lowest BCUT2D eigenvalue weighted by molar-refractivity contribution is 0.312. The first-order valence-electron chi connectivity index (χ1n) is 2.73. The van der Waals surface area contributed by atoms with E-state index in [0.29, 0.717) is 11.5 Å². The van der Waals surface area contributed by atoms with Crippen molar-refractivity contribution in [1.29, 1.82) is 5.26 Å². The summed E-state index contributed by atoms with van der Waals surface area (Å²) in [5, 5.41) is 12.1. The fraction of sp³-hybridized carbons (Fsp3) is 0.333. The second-order valence-corrected chi connectivity index (χ2v) is 1.78. The van der Waals surface area contributed by atoms with E-state index in [1.165, 1.54) is 7.11 Å². The van der Waals surface area contributed by atoms with E-state index in [4.69, 9.17) is 10.00 Å². The third-order valence-corrected chi connectivity index (χ3v) is 1.15. The highest BCUT2D eigenvalue weighted by Crippen LogP contribution is 2.11. The van der Waals surface area contributed by atoms with Crippen LogP contribution in [0.25, 0.3) is 0 Å². The molecule has 0 aromatic carbocycles. The maximum absolute atomic E-state index is 8.43. The number of nitriles is 1.